The van der Waals surface area contributed by atoms with Crippen molar-refractivity contribution in [1.82, 2.24) is 10.2 Å². The van der Waals surface area contributed by atoms with Gasteiger partial charge in [0.25, 0.3) is 5.91 Å². The summed E-state index contributed by atoms with van der Waals surface area (Å²) in [7, 11) is 14.9. The van der Waals surface area contributed by atoms with Gasteiger partial charge in [0.05, 0.1) is 6.54 Å². The van der Waals surface area contributed by atoms with E-state index in [2.05, 4.69) is 10.1 Å². The Kier molecular flexibility index (Phi) is 9.10. The van der Waals surface area contributed by atoms with Crippen LogP contribution in [0.15, 0.2) is 18.2 Å². The van der Waals surface area contributed by atoms with Crippen molar-refractivity contribution in [3.8, 4) is 0 Å². The number of hydrogen-bond donors (Lipinski definition) is 3. The van der Waals surface area contributed by atoms with Crippen LogP contribution >= 0.6 is 11.6 Å². The van der Waals surface area contributed by atoms with Crippen LogP contribution < -0.4 is 5.32 Å². The van der Waals surface area contributed by atoms with Gasteiger partial charge in [-0.05, 0) is 18.2 Å². The van der Waals surface area contributed by atoms with E-state index in [-0.39, 0.29) is 36.8 Å². The molecule has 1 aromatic carbocycles. The third-order valence-electron chi connectivity index (χ3n) is 4.08. The van der Waals surface area contributed by atoms with Crippen LogP contribution in [0.25, 0.3) is 0 Å². The number of carbonyl (C=O) groups is 2. The molecule has 28 heavy (non-hydrogen) atoms. The van der Waals surface area contributed by atoms with Gasteiger partial charge in [0.1, 0.15) is 27.8 Å². The van der Waals surface area contributed by atoms with Crippen LogP contribution in [-0.4, -0.2) is 94.4 Å². The fourth-order valence-corrected chi connectivity index (χ4v) is 3.22. The van der Waals surface area contributed by atoms with Crippen LogP contribution in [0.1, 0.15) is 10.4 Å². The Balaban J connectivity index is 0.00000122. The van der Waals surface area contributed by atoms with E-state index in [1.807, 2.05) is 0 Å². The molecule has 7 nitrogen and oxygen atoms in total. The molecule has 11 heteroatoms. The Hall–Kier alpha value is -1.45. The number of hydrogen-bond acceptors (Lipinski definition) is 6. The van der Waals surface area contributed by atoms with E-state index in [1.54, 1.807) is 14.2 Å². The van der Waals surface area contributed by atoms with Gasteiger partial charge in [0.2, 0.25) is 0 Å². The highest BCUT2D eigenvalue weighted by atomic mass is 35.5. The second kappa shape index (κ2) is 10.4. The highest BCUT2D eigenvalue weighted by Gasteiger charge is 2.48. The molecule has 0 spiro atoms. The summed E-state index contributed by atoms with van der Waals surface area (Å²) in [5.74, 6) is -2.45. The molecule has 1 aromatic rings. The lowest BCUT2D eigenvalue weighted by Crippen LogP contribution is -2.69. The molecular weight excluding hydrogens is 388 g/mol. The van der Waals surface area contributed by atoms with Gasteiger partial charge in [-0.2, -0.15) is 0 Å². The molecule has 1 aliphatic heterocycles. The number of benzene rings is 1. The zero-order chi connectivity index (χ0) is 21.5. The number of nitrogens with zero attached hydrogens (tertiary/aromatic N) is 1. The number of likely N-dealkylation sites (tertiary alicyclic amines) is 1. The zero-order valence-electron chi connectivity index (χ0n) is 15.7. The largest absolute Gasteiger partial charge is 0.398 e. The van der Waals surface area contributed by atoms with Crippen molar-refractivity contribution >= 4 is 39.5 Å². The molecule has 150 valence electrons. The van der Waals surface area contributed by atoms with Gasteiger partial charge in [0.15, 0.2) is 0 Å². The lowest BCUT2D eigenvalue weighted by molar-refractivity contribution is -0.119. The quantitative estimate of drug-likeness (QED) is 0.439. The average molecular weight is 410 g/mol. The van der Waals surface area contributed by atoms with Gasteiger partial charge in [-0.15, -0.1) is 0 Å². The maximum Gasteiger partial charge on any atom is 0.251 e. The first-order chi connectivity index (χ1) is 13.0. The summed E-state index contributed by atoms with van der Waals surface area (Å²) in [5.41, 5.74) is -3.92. The van der Waals surface area contributed by atoms with E-state index < -0.39 is 28.6 Å². The summed E-state index contributed by atoms with van der Waals surface area (Å²) in [6.07, 6.45) is 0.599. The second-order valence-corrected chi connectivity index (χ2v) is 7.08. The molecule has 1 aliphatic rings. The predicted molar refractivity (Wildman–Crippen MR) is 104 cm³/mol. The molecular formula is C17H22B2ClFN2O5. The number of carbonyl (C=O) groups excluding carboxylic acids is 2. The summed E-state index contributed by atoms with van der Waals surface area (Å²) in [4.78, 5) is 24.2. The van der Waals surface area contributed by atoms with Gasteiger partial charge in [-0.3, -0.25) is 9.69 Å². The monoisotopic (exact) mass is 410 g/mol. The normalized spacial score (nSPS) is 27.4. The fraction of sp³-hybridized carbons (Fsp3) is 0.529. The van der Waals surface area contributed by atoms with E-state index in [1.165, 1.54) is 11.0 Å². The first kappa shape index (κ1) is 24.6. The summed E-state index contributed by atoms with van der Waals surface area (Å²) in [6.45, 7) is -0.545. The van der Waals surface area contributed by atoms with Crippen molar-refractivity contribution in [3.05, 3.63) is 34.6 Å². The maximum absolute atomic E-state index is 13.3. The van der Waals surface area contributed by atoms with Gasteiger partial charge in [-0.1, -0.05) is 11.6 Å². The third kappa shape index (κ3) is 6.86. The summed E-state index contributed by atoms with van der Waals surface area (Å²) in [5, 5.41) is 23.3. The van der Waals surface area contributed by atoms with Crippen molar-refractivity contribution in [2.75, 3.05) is 40.4 Å². The minimum Gasteiger partial charge on any atom is -0.398 e. The van der Waals surface area contributed by atoms with Crippen LogP contribution in [0.4, 0.5) is 4.39 Å². The molecule has 0 aliphatic carbocycles. The van der Waals surface area contributed by atoms with Crippen LogP contribution in [0.2, 0.25) is 5.02 Å². The molecule has 0 saturated carbocycles. The minimum atomic E-state index is -1.95. The topological polar surface area (TPSA) is 99.1 Å². The van der Waals surface area contributed by atoms with Crippen molar-refractivity contribution < 1.29 is 28.9 Å². The first-order valence-corrected chi connectivity index (χ1v) is 8.67. The predicted octanol–water partition coefficient (Wildman–Crippen LogP) is -0.684. The van der Waals surface area contributed by atoms with Crippen molar-refractivity contribution in [2.45, 2.75) is 11.0 Å². The average Bonchev–Trinajstić information content (AvgIpc) is 2.52. The fourth-order valence-electron chi connectivity index (χ4n) is 3.00. The molecule has 2 rings (SSSR count). The van der Waals surface area contributed by atoms with Gasteiger partial charge < -0.3 is 25.1 Å². The van der Waals surface area contributed by atoms with E-state index in [0.717, 1.165) is 12.1 Å². The van der Waals surface area contributed by atoms with Crippen molar-refractivity contribution in [2.24, 2.45) is 5.92 Å². The van der Waals surface area contributed by atoms with Gasteiger partial charge in [-0.25, -0.2) is 4.39 Å². The standard InChI is InChI=1S/C15H16B2ClFN2O4.C2H6O/c16-14(24)7-21(1-2-22)8-15(17,25)12(14)6-20-13(23)9-3-10(18)5-11(19)4-9;1-3-2/h2-5,12,24-25H,1,6-8H2,(H,20,23);1-2H3. The highest BCUT2D eigenvalue weighted by Crippen LogP contribution is 2.31. The van der Waals surface area contributed by atoms with Gasteiger partial charge in [0, 0.05) is 61.4 Å². The first-order valence-electron chi connectivity index (χ1n) is 8.29. The number of aliphatic hydroxyl groups is 2. The highest BCUT2D eigenvalue weighted by molar-refractivity contribution is 6.31. The van der Waals surface area contributed by atoms with Crippen LogP contribution in [-0.2, 0) is 9.53 Å². The van der Waals surface area contributed by atoms with E-state index in [4.69, 9.17) is 27.3 Å². The number of methoxy groups -OCH3 is 1. The van der Waals surface area contributed by atoms with E-state index >= 15 is 0 Å². The summed E-state index contributed by atoms with van der Waals surface area (Å²) < 4.78 is 17.6. The van der Waals surface area contributed by atoms with Crippen LogP contribution in [0, 0.1) is 11.7 Å². The molecule has 2 unspecified atom stereocenters. The Bertz CT molecular complexity index is 655. The van der Waals surface area contributed by atoms with Crippen LogP contribution in [0.3, 0.4) is 0 Å². The minimum absolute atomic E-state index is 0.0236. The number of halogens is 2. The van der Waals surface area contributed by atoms with Crippen molar-refractivity contribution in [3.63, 3.8) is 0 Å². The SMILES string of the molecule is COC.[B]C1(O)CN(CC=O)CC([B])(O)C1CNC(=O)c1cc(F)cc(Cl)c1. The van der Waals surface area contributed by atoms with E-state index in [0.29, 0.717) is 6.29 Å². The molecule has 1 heterocycles. The molecule has 3 N–H and O–H groups in total. The smallest absolute Gasteiger partial charge is 0.251 e. The lowest BCUT2D eigenvalue weighted by atomic mass is 9.55. The molecule has 1 amide bonds. The Labute approximate surface area is 171 Å². The summed E-state index contributed by atoms with van der Waals surface area (Å²) >= 11 is 5.71. The molecule has 2 atom stereocenters. The Morgan fingerprint density at radius 1 is 1.36 bits per heavy atom. The Morgan fingerprint density at radius 2 is 1.89 bits per heavy atom. The molecule has 0 bridgehead atoms. The summed E-state index contributed by atoms with van der Waals surface area (Å²) in [6, 6.07) is 3.32. The zero-order valence-corrected chi connectivity index (χ0v) is 16.4. The number of β-amino-alcohol motifs (C(OH)–C–C–N with tert-alkyl or cyclic N) is 2. The molecule has 0 aromatic heterocycles. The number of aldehydes is 1. The number of rotatable bonds is 5. The number of amides is 1. The van der Waals surface area contributed by atoms with Crippen LogP contribution in [0.5, 0.6) is 0 Å². The van der Waals surface area contributed by atoms with E-state index in [9.17, 15) is 24.2 Å². The molecule has 1 saturated heterocycles. The third-order valence-corrected chi connectivity index (χ3v) is 4.30. The van der Waals surface area contributed by atoms with Gasteiger partial charge >= 0.3 is 0 Å². The number of nitrogens with one attached hydrogen (secondary N) is 1. The lowest BCUT2D eigenvalue weighted by Gasteiger charge is -2.51. The van der Waals surface area contributed by atoms with Crippen molar-refractivity contribution in [1.29, 1.82) is 0 Å². The molecule has 4 radical (unpaired) electrons. The maximum atomic E-state index is 13.3. The number of piperidine rings is 1. The second-order valence-electron chi connectivity index (χ2n) is 6.65. The molecule has 1 fully saturated rings. The number of ether oxygens (including phenoxy) is 1. The Morgan fingerprint density at radius 3 is 2.36 bits per heavy atom.